The molecule has 0 heterocycles. The van der Waals surface area contributed by atoms with Crippen LogP contribution < -0.4 is 11.1 Å². The van der Waals surface area contributed by atoms with Crippen molar-refractivity contribution in [2.45, 2.75) is 18.9 Å². The molecule has 5 heteroatoms. The zero-order valence-corrected chi connectivity index (χ0v) is 10.8. The lowest BCUT2D eigenvalue weighted by molar-refractivity contribution is 0.0950. The number of nitrogens with two attached hydrogens (primary N) is 1. The van der Waals surface area contributed by atoms with Crippen molar-refractivity contribution in [3.63, 3.8) is 0 Å². The molecule has 3 nitrogen and oxygen atoms in total. The van der Waals surface area contributed by atoms with E-state index in [1.54, 1.807) is 18.2 Å². The molecule has 0 bridgehead atoms. The van der Waals surface area contributed by atoms with Crippen LogP contribution in [0.4, 0.5) is 0 Å². The lowest BCUT2D eigenvalue weighted by Gasteiger charge is -2.11. The van der Waals surface area contributed by atoms with Crippen LogP contribution >= 0.6 is 23.2 Å². The second-order valence-corrected chi connectivity index (χ2v) is 5.24. The van der Waals surface area contributed by atoms with Crippen LogP contribution in [0.5, 0.6) is 0 Å². The molecule has 1 aliphatic carbocycles. The number of carbonyl (C=O) groups excluding carboxylic acids is 1. The number of nitrogens with one attached hydrogen (secondary N) is 1. The van der Waals surface area contributed by atoms with Gasteiger partial charge in [0, 0.05) is 28.2 Å². The van der Waals surface area contributed by atoms with Gasteiger partial charge in [-0.15, -0.1) is 0 Å². The predicted molar refractivity (Wildman–Crippen MR) is 69.5 cm³/mol. The van der Waals surface area contributed by atoms with E-state index in [1.165, 1.54) is 12.8 Å². The van der Waals surface area contributed by atoms with E-state index in [-0.39, 0.29) is 11.9 Å². The maximum atomic E-state index is 11.8. The topological polar surface area (TPSA) is 55.1 Å². The van der Waals surface area contributed by atoms with Gasteiger partial charge in [0.1, 0.15) is 0 Å². The fourth-order valence-electron chi connectivity index (χ4n) is 1.69. The number of hydrogen-bond acceptors (Lipinski definition) is 2. The molecule has 2 rings (SSSR count). The second-order valence-electron chi connectivity index (χ2n) is 4.37. The Kier molecular flexibility index (Phi) is 3.92. The molecule has 1 saturated carbocycles. The highest BCUT2D eigenvalue weighted by atomic mass is 35.5. The van der Waals surface area contributed by atoms with Crippen molar-refractivity contribution >= 4 is 29.1 Å². The summed E-state index contributed by atoms with van der Waals surface area (Å²) in [5.41, 5.74) is 6.36. The number of carbonyl (C=O) groups is 1. The van der Waals surface area contributed by atoms with Gasteiger partial charge in [0.05, 0.1) is 0 Å². The molecule has 1 fully saturated rings. The van der Waals surface area contributed by atoms with Crippen LogP contribution in [0, 0.1) is 5.92 Å². The van der Waals surface area contributed by atoms with E-state index in [0.29, 0.717) is 28.1 Å². The summed E-state index contributed by atoms with van der Waals surface area (Å²) in [5.74, 6) is 0.378. The average molecular weight is 273 g/mol. The van der Waals surface area contributed by atoms with Crippen molar-refractivity contribution < 1.29 is 4.79 Å². The van der Waals surface area contributed by atoms with Gasteiger partial charge in [0.2, 0.25) is 0 Å². The first-order valence-electron chi connectivity index (χ1n) is 5.56. The summed E-state index contributed by atoms with van der Waals surface area (Å²) < 4.78 is 0. The van der Waals surface area contributed by atoms with Crippen LogP contribution in [0.1, 0.15) is 23.2 Å². The summed E-state index contributed by atoms with van der Waals surface area (Å²) in [5, 5.41) is 3.70. The van der Waals surface area contributed by atoms with Crippen molar-refractivity contribution in [3.05, 3.63) is 33.8 Å². The molecular formula is C12H14Cl2N2O. The van der Waals surface area contributed by atoms with Crippen molar-refractivity contribution in [3.8, 4) is 0 Å². The predicted octanol–water partition coefficient (Wildman–Crippen LogP) is 2.46. The van der Waals surface area contributed by atoms with Gasteiger partial charge in [-0.2, -0.15) is 0 Å². The molecule has 3 N–H and O–H groups in total. The third-order valence-electron chi connectivity index (χ3n) is 2.85. The van der Waals surface area contributed by atoms with E-state index >= 15 is 0 Å². The van der Waals surface area contributed by atoms with Crippen LogP contribution in [0.2, 0.25) is 10.0 Å². The quantitative estimate of drug-likeness (QED) is 0.885. The van der Waals surface area contributed by atoms with Crippen molar-refractivity contribution in [1.82, 2.24) is 5.32 Å². The summed E-state index contributed by atoms with van der Waals surface area (Å²) >= 11 is 11.7. The SMILES string of the molecule is NC(CNC(=O)c1cc(Cl)cc(Cl)c1)C1CC1. The Morgan fingerprint density at radius 3 is 2.47 bits per heavy atom. The van der Waals surface area contributed by atoms with Gasteiger partial charge >= 0.3 is 0 Å². The highest BCUT2D eigenvalue weighted by Crippen LogP contribution is 2.31. The zero-order chi connectivity index (χ0) is 12.4. The Hall–Kier alpha value is -0.770. The number of hydrogen-bond donors (Lipinski definition) is 2. The summed E-state index contributed by atoms with van der Waals surface area (Å²) in [6.07, 6.45) is 2.33. The van der Waals surface area contributed by atoms with E-state index in [9.17, 15) is 4.79 Å². The molecule has 1 aromatic carbocycles. The Labute approximate surface area is 110 Å². The number of benzene rings is 1. The molecule has 0 aromatic heterocycles. The number of rotatable bonds is 4. The maximum Gasteiger partial charge on any atom is 0.251 e. The van der Waals surface area contributed by atoms with Crippen molar-refractivity contribution in [2.24, 2.45) is 11.7 Å². The van der Waals surface area contributed by atoms with Gasteiger partial charge in [0.25, 0.3) is 5.91 Å². The van der Waals surface area contributed by atoms with E-state index < -0.39 is 0 Å². The lowest BCUT2D eigenvalue weighted by Crippen LogP contribution is -2.38. The van der Waals surface area contributed by atoms with Gasteiger partial charge in [-0.3, -0.25) is 4.79 Å². The molecule has 0 spiro atoms. The molecule has 0 radical (unpaired) electrons. The smallest absolute Gasteiger partial charge is 0.251 e. The molecule has 17 heavy (non-hydrogen) atoms. The molecule has 92 valence electrons. The maximum absolute atomic E-state index is 11.8. The third kappa shape index (κ3) is 3.60. The Morgan fingerprint density at radius 2 is 1.94 bits per heavy atom. The first-order chi connectivity index (χ1) is 8.06. The summed E-state index contributed by atoms with van der Waals surface area (Å²) in [4.78, 5) is 11.8. The third-order valence-corrected chi connectivity index (χ3v) is 3.29. The van der Waals surface area contributed by atoms with Crippen LogP contribution in [0.25, 0.3) is 0 Å². The summed E-state index contributed by atoms with van der Waals surface area (Å²) in [7, 11) is 0. The molecule has 1 aliphatic rings. The summed E-state index contributed by atoms with van der Waals surface area (Å²) in [6.45, 7) is 0.494. The fourth-order valence-corrected chi connectivity index (χ4v) is 2.21. The number of halogens is 2. The van der Waals surface area contributed by atoms with Crippen LogP contribution in [-0.4, -0.2) is 18.5 Å². The Morgan fingerprint density at radius 1 is 1.35 bits per heavy atom. The van der Waals surface area contributed by atoms with E-state index in [2.05, 4.69) is 5.32 Å². The first-order valence-corrected chi connectivity index (χ1v) is 6.32. The van der Waals surface area contributed by atoms with Gasteiger partial charge in [-0.25, -0.2) is 0 Å². The monoisotopic (exact) mass is 272 g/mol. The Bertz CT molecular complexity index is 412. The molecule has 1 unspecified atom stereocenters. The minimum Gasteiger partial charge on any atom is -0.350 e. The van der Waals surface area contributed by atoms with Crippen molar-refractivity contribution in [1.29, 1.82) is 0 Å². The molecule has 1 atom stereocenters. The lowest BCUT2D eigenvalue weighted by atomic mass is 10.2. The first kappa shape index (κ1) is 12.7. The van der Waals surface area contributed by atoms with Gasteiger partial charge in [-0.1, -0.05) is 23.2 Å². The van der Waals surface area contributed by atoms with Gasteiger partial charge < -0.3 is 11.1 Å². The number of amides is 1. The largest absolute Gasteiger partial charge is 0.350 e. The minimum absolute atomic E-state index is 0.0496. The van der Waals surface area contributed by atoms with Crippen LogP contribution in [0.3, 0.4) is 0 Å². The van der Waals surface area contributed by atoms with Gasteiger partial charge in [0.15, 0.2) is 0 Å². The van der Waals surface area contributed by atoms with E-state index in [4.69, 9.17) is 28.9 Å². The average Bonchev–Trinajstić information content (AvgIpc) is 3.07. The molecule has 0 saturated heterocycles. The highest BCUT2D eigenvalue weighted by molar-refractivity contribution is 6.35. The minimum atomic E-state index is -0.189. The van der Waals surface area contributed by atoms with E-state index in [1.807, 2.05) is 0 Å². The fraction of sp³-hybridized carbons (Fsp3) is 0.417. The normalized spacial score (nSPS) is 16.6. The van der Waals surface area contributed by atoms with Crippen LogP contribution in [0.15, 0.2) is 18.2 Å². The second kappa shape index (κ2) is 5.25. The standard InChI is InChI=1S/C12H14Cl2N2O/c13-9-3-8(4-10(14)5-9)12(17)16-6-11(15)7-1-2-7/h3-5,7,11H,1-2,6,15H2,(H,16,17). The zero-order valence-electron chi connectivity index (χ0n) is 9.25. The van der Waals surface area contributed by atoms with Gasteiger partial charge in [-0.05, 0) is 37.0 Å². The van der Waals surface area contributed by atoms with Crippen LogP contribution in [-0.2, 0) is 0 Å². The molecule has 1 amide bonds. The molecule has 1 aromatic rings. The molecule has 0 aliphatic heterocycles. The Balaban J connectivity index is 1.94. The molecular weight excluding hydrogens is 259 g/mol. The highest BCUT2D eigenvalue weighted by Gasteiger charge is 2.28. The summed E-state index contributed by atoms with van der Waals surface area (Å²) in [6, 6.07) is 4.82. The van der Waals surface area contributed by atoms with Crippen molar-refractivity contribution in [2.75, 3.05) is 6.54 Å². The van der Waals surface area contributed by atoms with E-state index in [0.717, 1.165) is 0 Å².